The van der Waals surface area contributed by atoms with Crippen LogP contribution in [0.2, 0.25) is 0 Å². The van der Waals surface area contributed by atoms with Gasteiger partial charge in [-0.3, -0.25) is 0 Å². The van der Waals surface area contributed by atoms with Gasteiger partial charge in [-0.2, -0.15) is 0 Å². The highest BCUT2D eigenvalue weighted by Gasteiger charge is 2.19. The predicted octanol–water partition coefficient (Wildman–Crippen LogP) is 8.26. The van der Waals surface area contributed by atoms with E-state index < -0.39 is 29.2 Å². The third kappa shape index (κ3) is 7.99. The van der Waals surface area contributed by atoms with Crippen molar-refractivity contribution in [1.82, 2.24) is 0 Å². The van der Waals surface area contributed by atoms with Crippen LogP contribution < -0.4 is 0 Å². The summed E-state index contributed by atoms with van der Waals surface area (Å²) in [6.45, 7) is 27.8. The Labute approximate surface area is 177 Å². The van der Waals surface area contributed by atoms with E-state index in [2.05, 4.69) is 39.5 Å². The van der Waals surface area contributed by atoms with Crippen molar-refractivity contribution in [2.24, 2.45) is 5.92 Å². The number of allylic oxidation sites excluding steroid dienone is 11. The van der Waals surface area contributed by atoms with Gasteiger partial charge in [0.25, 0.3) is 0 Å². The molecule has 0 aliphatic carbocycles. The number of hydrogen-bond acceptors (Lipinski definition) is 1. The first-order valence-electron chi connectivity index (χ1n) is 9.24. The summed E-state index contributed by atoms with van der Waals surface area (Å²) in [5, 5.41) is 0. The molecule has 1 unspecified atom stereocenters. The molecule has 5 heteroatoms. The zero-order valence-corrected chi connectivity index (χ0v) is 18.2. The normalized spacial score (nSPS) is 14.2. The Morgan fingerprint density at radius 2 is 1.13 bits per heavy atom. The van der Waals surface area contributed by atoms with E-state index in [9.17, 15) is 17.6 Å². The number of ether oxygens (including phenoxy) is 1. The zero-order chi connectivity index (χ0) is 23.8. The van der Waals surface area contributed by atoms with Crippen LogP contribution in [0.1, 0.15) is 27.7 Å². The Morgan fingerprint density at radius 1 is 0.733 bits per heavy atom. The minimum absolute atomic E-state index is 0.0141. The van der Waals surface area contributed by atoms with E-state index in [1.54, 1.807) is 6.92 Å². The van der Waals surface area contributed by atoms with E-state index in [-0.39, 0.29) is 46.1 Å². The molecule has 0 bridgehead atoms. The van der Waals surface area contributed by atoms with E-state index >= 15 is 0 Å². The largest absolute Gasteiger partial charge is 0.378 e. The van der Waals surface area contributed by atoms with Crippen molar-refractivity contribution in [3.8, 4) is 0 Å². The summed E-state index contributed by atoms with van der Waals surface area (Å²) in [5.41, 5.74) is -0.749. The van der Waals surface area contributed by atoms with Crippen LogP contribution in [0, 0.1) is 5.92 Å². The third-order valence-electron chi connectivity index (χ3n) is 4.11. The molecule has 0 aromatic carbocycles. The molecule has 0 amide bonds. The maximum absolute atomic E-state index is 14.5. The molecule has 0 aliphatic rings. The highest BCUT2D eigenvalue weighted by Crippen LogP contribution is 2.31. The molecule has 0 saturated heterocycles. The van der Waals surface area contributed by atoms with E-state index in [0.29, 0.717) is 0 Å². The van der Waals surface area contributed by atoms with Crippen molar-refractivity contribution < 1.29 is 22.3 Å². The van der Waals surface area contributed by atoms with Crippen molar-refractivity contribution in [2.75, 3.05) is 6.61 Å². The van der Waals surface area contributed by atoms with Gasteiger partial charge in [0.2, 0.25) is 0 Å². The zero-order valence-electron chi connectivity index (χ0n) is 18.2. The fourth-order valence-corrected chi connectivity index (χ4v) is 1.93. The fraction of sp³-hybridized carbons (Fsp3) is 0.280. The molecule has 0 rings (SSSR count). The monoisotopic (exact) mass is 422 g/mol. The topological polar surface area (TPSA) is 9.23 Å². The molecule has 0 aliphatic heterocycles. The van der Waals surface area contributed by atoms with Gasteiger partial charge in [0, 0.05) is 17.1 Å². The van der Waals surface area contributed by atoms with Gasteiger partial charge in [0.15, 0.2) is 23.3 Å². The Bertz CT molecular complexity index is 850. The molecular formula is C25H30F4O. The van der Waals surface area contributed by atoms with E-state index in [0.717, 1.165) is 0 Å². The first-order chi connectivity index (χ1) is 13.7. The van der Waals surface area contributed by atoms with Crippen LogP contribution in [-0.4, -0.2) is 12.7 Å². The second-order valence-electron chi connectivity index (χ2n) is 7.19. The summed E-state index contributed by atoms with van der Waals surface area (Å²) in [6, 6.07) is 0. The van der Waals surface area contributed by atoms with Crippen LogP contribution in [-0.2, 0) is 4.74 Å². The van der Waals surface area contributed by atoms with Gasteiger partial charge in [-0.15, -0.1) is 0 Å². The van der Waals surface area contributed by atoms with Crippen molar-refractivity contribution >= 4 is 0 Å². The van der Waals surface area contributed by atoms with E-state index in [1.165, 1.54) is 19.1 Å². The molecule has 0 radical (unpaired) electrons. The first kappa shape index (κ1) is 27.3. The van der Waals surface area contributed by atoms with Crippen molar-refractivity contribution in [1.29, 1.82) is 0 Å². The molecule has 0 spiro atoms. The van der Waals surface area contributed by atoms with Crippen LogP contribution >= 0.6 is 0 Å². The molecule has 164 valence electrons. The lowest BCUT2D eigenvalue weighted by Gasteiger charge is -2.16. The van der Waals surface area contributed by atoms with Gasteiger partial charge in [0.05, 0.1) is 12.7 Å². The lowest BCUT2D eigenvalue weighted by molar-refractivity contribution is 0.0625. The van der Waals surface area contributed by atoms with Crippen LogP contribution in [0.25, 0.3) is 0 Å². The molecule has 0 fully saturated rings. The van der Waals surface area contributed by atoms with E-state index in [4.69, 9.17) is 4.74 Å². The van der Waals surface area contributed by atoms with Gasteiger partial charge in [0.1, 0.15) is 0 Å². The Kier molecular flexibility index (Phi) is 11.1. The number of rotatable bonds is 12. The standard InChI is InChI=1S/C25H30F4O/c1-14(2)22(26)23(27)19(8)16(5)11-12-17(6)20(9)24(28)25(29)21(10)18(7)13-30-15(3)4/h11-12,15,18H,1,5-6,8-10,13H2,2-4,7H3/b12-11-,23-22-,25-24-. The number of halogens is 4. The summed E-state index contributed by atoms with van der Waals surface area (Å²) in [5.74, 6) is -5.14. The van der Waals surface area contributed by atoms with Crippen molar-refractivity contribution in [3.05, 3.63) is 108 Å². The molecule has 1 atom stereocenters. The van der Waals surface area contributed by atoms with E-state index in [1.807, 2.05) is 13.8 Å². The maximum atomic E-state index is 14.5. The first-order valence-corrected chi connectivity index (χ1v) is 9.24. The van der Waals surface area contributed by atoms with Crippen LogP contribution in [0.3, 0.4) is 0 Å². The lowest BCUT2D eigenvalue weighted by Crippen LogP contribution is -2.13. The quantitative estimate of drug-likeness (QED) is 0.227. The predicted molar refractivity (Wildman–Crippen MR) is 118 cm³/mol. The number of hydrogen-bond donors (Lipinski definition) is 0. The van der Waals surface area contributed by atoms with Gasteiger partial charge in [-0.25, -0.2) is 17.6 Å². The second-order valence-corrected chi connectivity index (χ2v) is 7.19. The molecule has 0 heterocycles. The Balaban J connectivity index is 5.34. The molecule has 1 nitrogen and oxygen atoms in total. The molecular weight excluding hydrogens is 392 g/mol. The average molecular weight is 423 g/mol. The lowest BCUT2D eigenvalue weighted by atomic mass is 9.98. The second kappa shape index (κ2) is 12.1. The highest BCUT2D eigenvalue weighted by molar-refractivity contribution is 5.54. The Morgan fingerprint density at radius 3 is 1.50 bits per heavy atom. The van der Waals surface area contributed by atoms with Gasteiger partial charge in [-0.05, 0) is 43.1 Å². The molecule has 0 N–H and O–H groups in total. The highest BCUT2D eigenvalue weighted by atomic mass is 19.2. The molecule has 0 aromatic heterocycles. The summed E-state index contributed by atoms with van der Waals surface area (Å²) in [6.07, 6.45) is 2.45. The van der Waals surface area contributed by atoms with Gasteiger partial charge in [-0.1, -0.05) is 58.5 Å². The van der Waals surface area contributed by atoms with Crippen LogP contribution in [0.4, 0.5) is 17.6 Å². The SMILES string of the molecule is C=C(/C=C\C(=C)C(=C)/C(F)=C(/F)C(=C)C(C)COC(C)C)C(=C)/C(F)=C(/F)C(=C)C. The average Bonchev–Trinajstić information content (AvgIpc) is 2.71. The smallest absolute Gasteiger partial charge is 0.166 e. The minimum Gasteiger partial charge on any atom is -0.378 e. The fourth-order valence-electron chi connectivity index (χ4n) is 1.93. The van der Waals surface area contributed by atoms with Gasteiger partial charge < -0.3 is 4.74 Å². The minimum atomic E-state index is -1.21. The summed E-state index contributed by atoms with van der Waals surface area (Å²) >= 11 is 0. The Hall–Kier alpha value is -2.66. The van der Waals surface area contributed by atoms with Gasteiger partial charge >= 0.3 is 0 Å². The van der Waals surface area contributed by atoms with Crippen LogP contribution in [0.5, 0.6) is 0 Å². The van der Waals surface area contributed by atoms with Crippen molar-refractivity contribution in [2.45, 2.75) is 33.8 Å². The molecule has 30 heavy (non-hydrogen) atoms. The summed E-state index contributed by atoms with van der Waals surface area (Å²) in [4.78, 5) is 0. The molecule has 0 aromatic rings. The third-order valence-corrected chi connectivity index (χ3v) is 4.11. The van der Waals surface area contributed by atoms with Crippen molar-refractivity contribution in [3.63, 3.8) is 0 Å². The summed E-state index contributed by atoms with van der Waals surface area (Å²) in [7, 11) is 0. The van der Waals surface area contributed by atoms with Crippen LogP contribution in [0.15, 0.2) is 108 Å². The molecule has 0 saturated carbocycles. The summed E-state index contributed by atoms with van der Waals surface area (Å²) < 4.78 is 61.9. The maximum Gasteiger partial charge on any atom is 0.166 e.